The van der Waals surface area contributed by atoms with Crippen molar-refractivity contribution in [3.8, 4) is 11.5 Å². The molecule has 0 bridgehead atoms. The Labute approximate surface area is 119 Å². The van der Waals surface area contributed by atoms with Crippen LogP contribution >= 0.6 is 0 Å². The molecule has 2 heterocycles. The first kappa shape index (κ1) is 12.9. The number of benzene rings is 1. The molecule has 106 valence electrons. The van der Waals surface area contributed by atoms with Crippen LogP contribution in [0.2, 0.25) is 0 Å². The number of nitrogens with zero attached hydrogens (tertiary/aromatic N) is 4. The minimum atomic E-state index is 0.0820. The molecule has 8 nitrogen and oxygen atoms in total. The highest BCUT2D eigenvalue weighted by atomic mass is 16.5. The molecule has 21 heavy (non-hydrogen) atoms. The summed E-state index contributed by atoms with van der Waals surface area (Å²) in [6.07, 6.45) is 4.63. The van der Waals surface area contributed by atoms with Gasteiger partial charge in [-0.05, 0) is 23.8 Å². The molecule has 0 amide bonds. The number of rotatable bonds is 4. The molecule has 3 aromatic rings. The predicted molar refractivity (Wildman–Crippen MR) is 77.6 cm³/mol. The fourth-order valence-corrected chi connectivity index (χ4v) is 1.80. The standard InChI is InChI=1S/C13H12N6O2/c1-21-11-4-8(2-3-10(11)20)5-16-18-12-9-6-17-19-13(9)15-7-14-12/h2-7,20H,1H3,(H2,14,15,17,18,19). The monoisotopic (exact) mass is 284 g/mol. The normalized spacial score (nSPS) is 11.1. The summed E-state index contributed by atoms with van der Waals surface area (Å²) >= 11 is 0. The van der Waals surface area contributed by atoms with Gasteiger partial charge in [0.1, 0.15) is 6.33 Å². The van der Waals surface area contributed by atoms with E-state index in [0.717, 1.165) is 10.9 Å². The van der Waals surface area contributed by atoms with Gasteiger partial charge in [0, 0.05) is 0 Å². The molecule has 3 N–H and O–H groups in total. The fourth-order valence-electron chi connectivity index (χ4n) is 1.80. The van der Waals surface area contributed by atoms with E-state index in [2.05, 4.69) is 30.7 Å². The summed E-state index contributed by atoms with van der Waals surface area (Å²) in [6, 6.07) is 4.93. The number of H-pyrrole nitrogens is 1. The van der Waals surface area contributed by atoms with Crippen LogP contribution in [0.1, 0.15) is 5.56 Å². The molecule has 1 aromatic carbocycles. The Kier molecular flexibility index (Phi) is 3.34. The summed E-state index contributed by atoms with van der Waals surface area (Å²) in [5.41, 5.74) is 4.24. The number of hydrogen-bond acceptors (Lipinski definition) is 7. The largest absolute Gasteiger partial charge is 0.504 e. The molecule has 0 saturated heterocycles. The number of ether oxygens (including phenoxy) is 1. The Morgan fingerprint density at radius 3 is 3.14 bits per heavy atom. The van der Waals surface area contributed by atoms with E-state index in [-0.39, 0.29) is 5.75 Å². The van der Waals surface area contributed by atoms with Gasteiger partial charge in [-0.15, -0.1) is 0 Å². The van der Waals surface area contributed by atoms with Gasteiger partial charge in [0.2, 0.25) is 0 Å². The van der Waals surface area contributed by atoms with Gasteiger partial charge < -0.3 is 9.84 Å². The number of phenolic OH excluding ortho intramolecular Hbond substituents is 1. The SMILES string of the molecule is COc1cc(C=NNc2ncnc3[nH]ncc23)ccc1O. The van der Waals surface area contributed by atoms with E-state index in [1.807, 2.05) is 0 Å². The minimum absolute atomic E-state index is 0.0820. The average Bonchev–Trinajstić information content (AvgIpc) is 2.98. The lowest BCUT2D eigenvalue weighted by Gasteiger charge is -2.03. The smallest absolute Gasteiger partial charge is 0.161 e. The van der Waals surface area contributed by atoms with E-state index in [1.165, 1.54) is 13.4 Å². The third-order valence-electron chi connectivity index (χ3n) is 2.84. The summed E-state index contributed by atoms with van der Waals surface area (Å²) in [6.45, 7) is 0. The van der Waals surface area contributed by atoms with Crippen LogP contribution in [-0.2, 0) is 0 Å². The number of methoxy groups -OCH3 is 1. The average molecular weight is 284 g/mol. The second kappa shape index (κ2) is 5.45. The van der Waals surface area contributed by atoms with Crippen molar-refractivity contribution in [2.75, 3.05) is 12.5 Å². The first-order chi connectivity index (χ1) is 10.3. The van der Waals surface area contributed by atoms with Crippen molar-refractivity contribution < 1.29 is 9.84 Å². The number of fused-ring (bicyclic) bond motifs is 1. The Morgan fingerprint density at radius 1 is 1.38 bits per heavy atom. The molecule has 0 saturated carbocycles. The summed E-state index contributed by atoms with van der Waals surface area (Å²) < 4.78 is 5.03. The van der Waals surface area contributed by atoms with Crippen LogP contribution in [0, 0.1) is 0 Å². The molecular formula is C13H12N6O2. The molecule has 0 radical (unpaired) electrons. The lowest BCUT2D eigenvalue weighted by molar-refractivity contribution is 0.373. The molecule has 0 aliphatic heterocycles. The van der Waals surface area contributed by atoms with Gasteiger partial charge in [-0.25, -0.2) is 9.97 Å². The van der Waals surface area contributed by atoms with Crippen molar-refractivity contribution in [2.24, 2.45) is 5.10 Å². The first-order valence-corrected chi connectivity index (χ1v) is 6.08. The van der Waals surface area contributed by atoms with Crippen LogP contribution in [-0.4, -0.2) is 38.6 Å². The molecule has 0 atom stereocenters. The Hall–Kier alpha value is -3.16. The highest BCUT2D eigenvalue weighted by Gasteiger charge is 2.04. The molecule has 0 unspecified atom stereocenters. The zero-order chi connectivity index (χ0) is 14.7. The topological polar surface area (TPSA) is 108 Å². The molecule has 2 aromatic heterocycles. The van der Waals surface area contributed by atoms with Crippen LogP contribution in [0.15, 0.2) is 35.8 Å². The van der Waals surface area contributed by atoms with Crippen molar-refractivity contribution in [2.45, 2.75) is 0 Å². The summed E-state index contributed by atoms with van der Waals surface area (Å²) in [5, 5.41) is 21.0. The van der Waals surface area contributed by atoms with Gasteiger partial charge in [0.15, 0.2) is 23.0 Å². The molecule has 0 aliphatic rings. The quantitative estimate of drug-likeness (QED) is 0.495. The minimum Gasteiger partial charge on any atom is -0.504 e. The number of aromatic hydroxyl groups is 1. The summed E-state index contributed by atoms with van der Waals surface area (Å²) in [7, 11) is 1.49. The van der Waals surface area contributed by atoms with Crippen LogP contribution in [0.25, 0.3) is 11.0 Å². The number of aromatic nitrogens is 4. The molecule has 3 rings (SSSR count). The van der Waals surface area contributed by atoms with Gasteiger partial charge >= 0.3 is 0 Å². The molecule has 0 fully saturated rings. The third-order valence-corrected chi connectivity index (χ3v) is 2.84. The molecular weight excluding hydrogens is 272 g/mol. The number of nitrogens with one attached hydrogen (secondary N) is 2. The Balaban J connectivity index is 1.79. The van der Waals surface area contributed by atoms with Crippen molar-refractivity contribution in [3.63, 3.8) is 0 Å². The number of hydrogen-bond donors (Lipinski definition) is 3. The van der Waals surface area contributed by atoms with E-state index >= 15 is 0 Å². The van der Waals surface area contributed by atoms with Crippen molar-refractivity contribution >= 4 is 23.1 Å². The Bertz CT molecular complexity index is 798. The van der Waals surface area contributed by atoms with Gasteiger partial charge in [-0.2, -0.15) is 10.2 Å². The second-order valence-electron chi connectivity index (χ2n) is 4.16. The van der Waals surface area contributed by atoms with Crippen molar-refractivity contribution in [1.82, 2.24) is 20.2 Å². The lowest BCUT2D eigenvalue weighted by atomic mass is 10.2. The maximum absolute atomic E-state index is 9.52. The number of hydrazone groups is 1. The highest BCUT2D eigenvalue weighted by Crippen LogP contribution is 2.25. The summed E-state index contributed by atoms with van der Waals surface area (Å²) in [5.74, 6) is 1.02. The lowest BCUT2D eigenvalue weighted by Crippen LogP contribution is -1.95. The first-order valence-electron chi connectivity index (χ1n) is 6.08. The van der Waals surface area contributed by atoms with E-state index in [9.17, 15) is 5.11 Å². The maximum atomic E-state index is 9.52. The second-order valence-corrected chi connectivity index (χ2v) is 4.16. The zero-order valence-electron chi connectivity index (χ0n) is 11.1. The number of aromatic amines is 1. The van der Waals surface area contributed by atoms with Gasteiger partial charge in [-0.3, -0.25) is 10.5 Å². The maximum Gasteiger partial charge on any atom is 0.161 e. The van der Waals surface area contributed by atoms with Gasteiger partial charge in [0.05, 0.1) is 24.9 Å². The number of anilines is 1. The summed E-state index contributed by atoms with van der Waals surface area (Å²) in [4.78, 5) is 8.13. The van der Waals surface area contributed by atoms with Crippen LogP contribution < -0.4 is 10.2 Å². The van der Waals surface area contributed by atoms with Crippen molar-refractivity contribution in [3.05, 3.63) is 36.3 Å². The van der Waals surface area contributed by atoms with E-state index in [4.69, 9.17) is 4.74 Å². The van der Waals surface area contributed by atoms with Gasteiger partial charge in [-0.1, -0.05) is 0 Å². The van der Waals surface area contributed by atoms with Crippen LogP contribution in [0.3, 0.4) is 0 Å². The third kappa shape index (κ3) is 2.59. The highest BCUT2D eigenvalue weighted by molar-refractivity contribution is 5.86. The number of phenols is 1. The molecule has 8 heteroatoms. The zero-order valence-corrected chi connectivity index (χ0v) is 11.1. The Morgan fingerprint density at radius 2 is 2.29 bits per heavy atom. The molecule has 0 aliphatic carbocycles. The van der Waals surface area contributed by atoms with Crippen LogP contribution in [0.5, 0.6) is 11.5 Å². The molecule has 0 spiro atoms. The predicted octanol–water partition coefficient (Wildman–Crippen LogP) is 1.51. The van der Waals surface area contributed by atoms with Gasteiger partial charge in [0.25, 0.3) is 0 Å². The van der Waals surface area contributed by atoms with E-state index in [1.54, 1.807) is 30.6 Å². The van der Waals surface area contributed by atoms with Crippen molar-refractivity contribution in [1.29, 1.82) is 0 Å². The fraction of sp³-hybridized carbons (Fsp3) is 0.0769. The van der Waals surface area contributed by atoms with E-state index < -0.39 is 0 Å². The van der Waals surface area contributed by atoms with E-state index in [0.29, 0.717) is 17.2 Å². The van der Waals surface area contributed by atoms with Crippen LogP contribution in [0.4, 0.5) is 5.82 Å².